The van der Waals surface area contributed by atoms with E-state index in [4.69, 9.17) is 11.6 Å². The third kappa shape index (κ3) is 3.73. The first-order valence-corrected chi connectivity index (χ1v) is 3.76. The van der Waals surface area contributed by atoms with E-state index in [2.05, 4.69) is 15.0 Å². The van der Waals surface area contributed by atoms with Crippen LogP contribution in [0, 0.1) is 0 Å². The molecular weight excluding hydrogens is 174 g/mol. The SMILES string of the molecule is Clc1ccccn1.c1c[nH]cn1. The zero-order chi connectivity index (χ0) is 8.65. The third-order valence-corrected chi connectivity index (χ3v) is 1.26. The van der Waals surface area contributed by atoms with Gasteiger partial charge in [0.15, 0.2) is 0 Å². The predicted octanol–water partition coefficient (Wildman–Crippen LogP) is 2.14. The second-order valence-electron chi connectivity index (χ2n) is 1.91. The molecule has 0 aliphatic rings. The van der Waals surface area contributed by atoms with Crippen LogP contribution in [0.5, 0.6) is 0 Å². The fourth-order valence-electron chi connectivity index (χ4n) is 0.557. The van der Waals surface area contributed by atoms with Crippen molar-refractivity contribution in [1.82, 2.24) is 15.0 Å². The zero-order valence-electron chi connectivity index (χ0n) is 6.31. The Bertz CT molecular complexity index is 263. The Balaban J connectivity index is 0.000000127. The van der Waals surface area contributed by atoms with Crippen molar-refractivity contribution < 1.29 is 0 Å². The maximum atomic E-state index is 5.43. The first kappa shape index (κ1) is 8.74. The topological polar surface area (TPSA) is 41.6 Å². The van der Waals surface area contributed by atoms with E-state index in [1.54, 1.807) is 31.0 Å². The fraction of sp³-hybridized carbons (Fsp3) is 0. The largest absolute Gasteiger partial charge is 0.351 e. The number of nitrogens with zero attached hydrogens (tertiary/aromatic N) is 2. The van der Waals surface area contributed by atoms with Gasteiger partial charge in [0.1, 0.15) is 5.15 Å². The number of pyridine rings is 1. The van der Waals surface area contributed by atoms with Crippen LogP contribution in [0.4, 0.5) is 0 Å². The lowest BCUT2D eigenvalue weighted by atomic mass is 10.5. The molecule has 12 heavy (non-hydrogen) atoms. The van der Waals surface area contributed by atoms with Gasteiger partial charge in [0.05, 0.1) is 6.33 Å². The zero-order valence-corrected chi connectivity index (χ0v) is 7.07. The molecule has 0 aromatic carbocycles. The highest BCUT2D eigenvalue weighted by Gasteiger charge is 1.76. The standard InChI is InChI=1S/C5H4ClN.C3H4N2/c6-5-3-1-2-4-7-5;1-2-5-3-4-1/h1-4H;1-3H,(H,4,5). The molecule has 0 aliphatic heterocycles. The van der Waals surface area contributed by atoms with E-state index in [1.807, 2.05) is 12.1 Å². The molecule has 0 radical (unpaired) electrons. The molecule has 3 nitrogen and oxygen atoms in total. The van der Waals surface area contributed by atoms with Crippen molar-refractivity contribution in [3.63, 3.8) is 0 Å². The third-order valence-electron chi connectivity index (χ3n) is 1.03. The van der Waals surface area contributed by atoms with Gasteiger partial charge in [-0.15, -0.1) is 0 Å². The minimum atomic E-state index is 0.544. The molecule has 2 rings (SSSR count). The van der Waals surface area contributed by atoms with Crippen molar-refractivity contribution in [2.75, 3.05) is 0 Å². The first-order valence-electron chi connectivity index (χ1n) is 3.39. The summed E-state index contributed by atoms with van der Waals surface area (Å²) < 4.78 is 0. The summed E-state index contributed by atoms with van der Waals surface area (Å²) in [6, 6.07) is 5.41. The number of halogens is 1. The predicted molar refractivity (Wildman–Crippen MR) is 47.8 cm³/mol. The Morgan fingerprint density at radius 3 is 2.42 bits per heavy atom. The van der Waals surface area contributed by atoms with E-state index in [1.165, 1.54) is 0 Å². The molecule has 4 heteroatoms. The molecule has 0 spiro atoms. The Kier molecular flexibility index (Phi) is 3.88. The Morgan fingerprint density at radius 1 is 1.25 bits per heavy atom. The van der Waals surface area contributed by atoms with Crippen molar-refractivity contribution >= 4 is 11.6 Å². The summed E-state index contributed by atoms with van der Waals surface area (Å²) in [6.45, 7) is 0. The Hall–Kier alpha value is -1.35. The van der Waals surface area contributed by atoms with Gasteiger partial charge < -0.3 is 4.98 Å². The van der Waals surface area contributed by atoms with Crippen molar-refractivity contribution in [1.29, 1.82) is 0 Å². The first-order chi connectivity index (χ1) is 5.89. The number of imidazole rings is 1. The molecule has 0 aliphatic carbocycles. The molecule has 0 atom stereocenters. The molecule has 0 amide bonds. The molecule has 0 fully saturated rings. The van der Waals surface area contributed by atoms with Crippen LogP contribution in [-0.4, -0.2) is 15.0 Å². The van der Waals surface area contributed by atoms with Crippen LogP contribution in [0.2, 0.25) is 5.15 Å². The van der Waals surface area contributed by atoms with E-state index in [9.17, 15) is 0 Å². The summed E-state index contributed by atoms with van der Waals surface area (Å²) >= 11 is 5.43. The maximum Gasteiger partial charge on any atom is 0.129 e. The molecule has 0 unspecified atom stereocenters. The van der Waals surface area contributed by atoms with Gasteiger partial charge in [-0.3, -0.25) is 0 Å². The second kappa shape index (κ2) is 5.32. The van der Waals surface area contributed by atoms with E-state index >= 15 is 0 Å². The summed E-state index contributed by atoms with van der Waals surface area (Å²) in [5, 5.41) is 0.544. The fourth-order valence-corrected chi connectivity index (χ4v) is 0.686. The number of hydrogen-bond donors (Lipinski definition) is 1. The smallest absolute Gasteiger partial charge is 0.129 e. The summed E-state index contributed by atoms with van der Waals surface area (Å²) in [5.41, 5.74) is 0. The average Bonchev–Trinajstić information content (AvgIpc) is 2.62. The molecular formula is C8H8ClN3. The van der Waals surface area contributed by atoms with Gasteiger partial charge in [0.25, 0.3) is 0 Å². The summed E-state index contributed by atoms with van der Waals surface area (Å²) in [6.07, 6.45) is 6.74. The molecule has 0 bridgehead atoms. The molecule has 2 aromatic rings. The van der Waals surface area contributed by atoms with Gasteiger partial charge in [0, 0.05) is 18.6 Å². The van der Waals surface area contributed by atoms with Crippen molar-refractivity contribution in [2.45, 2.75) is 0 Å². The minimum Gasteiger partial charge on any atom is -0.351 e. The average molecular weight is 182 g/mol. The molecule has 2 aromatic heterocycles. The minimum absolute atomic E-state index is 0.544. The van der Waals surface area contributed by atoms with Crippen LogP contribution in [0.3, 0.4) is 0 Å². The Labute approximate surface area is 75.4 Å². The number of rotatable bonds is 0. The number of aromatic nitrogens is 3. The number of hydrogen-bond acceptors (Lipinski definition) is 2. The quantitative estimate of drug-likeness (QED) is 0.633. The molecule has 2 heterocycles. The van der Waals surface area contributed by atoms with E-state index < -0.39 is 0 Å². The van der Waals surface area contributed by atoms with Gasteiger partial charge in [0.2, 0.25) is 0 Å². The second-order valence-corrected chi connectivity index (χ2v) is 2.30. The van der Waals surface area contributed by atoms with Gasteiger partial charge in [-0.25, -0.2) is 9.97 Å². The van der Waals surface area contributed by atoms with Gasteiger partial charge >= 0.3 is 0 Å². The van der Waals surface area contributed by atoms with Crippen LogP contribution in [0.15, 0.2) is 43.1 Å². The van der Waals surface area contributed by atoms with Crippen LogP contribution in [0.25, 0.3) is 0 Å². The van der Waals surface area contributed by atoms with Gasteiger partial charge in [-0.2, -0.15) is 0 Å². The molecule has 0 saturated heterocycles. The van der Waals surface area contributed by atoms with Gasteiger partial charge in [-0.1, -0.05) is 17.7 Å². The lowest BCUT2D eigenvalue weighted by molar-refractivity contribution is 1.31. The van der Waals surface area contributed by atoms with Crippen molar-refractivity contribution in [3.8, 4) is 0 Å². The van der Waals surface area contributed by atoms with E-state index in [-0.39, 0.29) is 0 Å². The van der Waals surface area contributed by atoms with Crippen LogP contribution >= 0.6 is 11.6 Å². The highest BCUT2D eigenvalue weighted by Crippen LogP contribution is 1.98. The lowest BCUT2D eigenvalue weighted by Crippen LogP contribution is -1.65. The highest BCUT2D eigenvalue weighted by molar-refractivity contribution is 6.29. The maximum absolute atomic E-state index is 5.43. The van der Waals surface area contributed by atoms with Gasteiger partial charge in [-0.05, 0) is 12.1 Å². The normalized spacial score (nSPS) is 8.42. The van der Waals surface area contributed by atoms with Crippen LogP contribution < -0.4 is 0 Å². The summed E-state index contributed by atoms with van der Waals surface area (Å²) in [7, 11) is 0. The van der Waals surface area contributed by atoms with Crippen molar-refractivity contribution in [2.24, 2.45) is 0 Å². The number of aromatic amines is 1. The highest BCUT2D eigenvalue weighted by atomic mass is 35.5. The Morgan fingerprint density at radius 2 is 2.17 bits per heavy atom. The molecule has 1 N–H and O–H groups in total. The summed E-state index contributed by atoms with van der Waals surface area (Å²) in [5.74, 6) is 0. The number of nitrogens with one attached hydrogen (secondary N) is 1. The lowest BCUT2D eigenvalue weighted by Gasteiger charge is -1.79. The molecule has 62 valence electrons. The number of H-pyrrole nitrogens is 1. The summed E-state index contributed by atoms with van der Waals surface area (Å²) in [4.78, 5) is 10.2. The van der Waals surface area contributed by atoms with E-state index in [0.29, 0.717) is 5.15 Å². The van der Waals surface area contributed by atoms with Crippen molar-refractivity contribution in [3.05, 3.63) is 48.3 Å². The monoisotopic (exact) mass is 181 g/mol. The van der Waals surface area contributed by atoms with Crippen LogP contribution in [0.1, 0.15) is 0 Å². The van der Waals surface area contributed by atoms with Crippen LogP contribution in [-0.2, 0) is 0 Å². The van der Waals surface area contributed by atoms with E-state index in [0.717, 1.165) is 0 Å². The molecule has 0 saturated carbocycles.